The van der Waals surface area contributed by atoms with Crippen LogP contribution in [-0.4, -0.2) is 16.9 Å². The maximum Gasteiger partial charge on any atom is 0.416 e. The lowest BCUT2D eigenvalue weighted by molar-refractivity contribution is -0.138. The number of benzene rings is 3. The molecule has 2 N–H and O–H groups in total. The standard InChI is InChI=1S/C28H25ClF3N3O2/c1-17-23(15-19-11-6-7-13-21(19)28(30,31)32)34-35(16-22(33)18-9-4-3-5-10-18)27(36)25(17)20-12-8-14-24(37-2)26(20)29/h3-14,22H,15-16,33H2,1-2H3. The van der Waals surface area contributed by atoms with Crippen molar-refractivity contribution < 1.29 is 17.9 Å². The summed E-state index contributed by atoms with van der Waals surface area (Å²) in [6.07, 6.45) is -4.68. The molecule has 4 aromatic rings. The molecule has 0 bridgehead atoms. The van der Waals surface area contributed by atoms with Crippen LogP contribution < -0.4 is 16.0 Å². The summed E-state index contributed by atoms with van der Waals surface area (Å²) in [5, 5.41) is 4.72. The fraction of sp³-hybridized carbons (Fsp3) is 0.214. The van der Waals surface area contributed by atoms with Gasteiger partial charge in [-0.05, 0) is 35.7 Å². The van der Waals surface area contributed by atoms with Gasteiger partial charge in [-0.15, -0.1) is 0 Å². The molecule has 4 rings (SSSR count). The van der Waals surface area contributed by atoms with Gasteiger partial charge in [-0.3, -0.25) is 4.79 Å². The van der Waals surface area contributed by atoms with Gasteiger partial charge < -0.3 is 10.5 Å². The van der Waals surface area contributed by atoms with Gasteiger partial charge in [0.2, 0.25) is 0 Å². The summed E-state index contributed by atoms with van der Waals surface area (Å²) < 4.78 is 47.7. The van der Waals surface area contributed by atoms with E-state index in [0.29, 0.717) is 22.6 Å². The number of hydrogen-bond acceptors (Lipinski definition) is 4. The fourth-order valence-electron chi connectivity index (χ4n) is 4.29. The van der Waals surface area contributed by atoms with E-state index >= 15 is 0 Å². The molecule has 0 amide bonds. The summed E-state index contributed by atoms with van der Waals surface area (Å²) in [6.45, 7) is 1.68. The molecule has 0 aliphatic carbocycles. The minimum absolute atomic E-state index is 0.0195. The molecule has 0 aliphatic heterocycles. The zero-order valence-corrected chi connectivity index (χ0v) is 21.0. The van der Waals surface area contributed by atoms with Crippen molar-refractivity contribution >= 4 is 11.6 Å². The normalized spacial score (nSPS) is 12.4. The van der Waals surface area contributed by atoms with Gasteiger partial charge in [-0.1, -0.05) is 72.3 Å². The van der Waals surface area contributed by atoms with Crippen LogP contribution in [0.15, 0.2) is 77.6 Å². The zero-order chi connectivity index (χ0) is 26.7. The van der Waals surface area contributed by atoms with E-state index in [0.717, 1.165) is 11.6 Å². The Hall–Kier alpha value is -3.62. The van der Waals surface area contributed by atoms with Gasteiger partial charge in [0.05, 0.1) is 35.5 Å². The summed E-state index contributed by atoms with van der Waals surface area (Å²) in [5.41, 5.74) is 7.40. The number of halogens is 4. The molecule has 1 heterocycles. The van der Waals surface area contributed by atoms with Crippen molar-refractivity contribution in [2.24, 2.45) is 5.73 Å². The van der Waals surface area contributed by atoms with Crippen molar-refractivity contribution in [3.05, 3.63) is 116 Å². The van der Waals surface area contributed by atoms with Gasteiger partial charge in [0.1, 0.15) is 5.75 Å². The van der Waals surface area contributed by atoms with Crippen LogP contribution in [0.5, 0.6) is 5.75 Å². The van der Waals surface area contributed by atoms with Gasteiger partial charge in [-0.25, -0.2) is 4.68 Å². The highest BCUT2D eigenvalue weighted by Gasteiger charge is 2.33. The molecule has 0 fully saturated rings. The predicted octanol–water partition coefficient (Wildman–Crippen LogP) is 6.19. The fourth-order valence-corrected chi connectivity index (χ4v) is 4.59. The summed E-state index contributed by atoms with van der Waals surface area (Å²) in [7, 11) is 1.46. The molecule has 1 aromatic heterocycles. The van der Waals surface area contributed by atoms with Crippen LogP contribution in [0.2, 0.25) is 5.02 Å². The first-order valence-corrected chi connectivity index (χ1v) is 11.9. The summed E-state index contributed by atoms with van der Waals surface area (Å²) >= 11 is 6.57. The van der Waals surface area contributed by atoms with Gasteiger partial charge >= 0.3 is 6.18 Å². The topological polar surface area (TPSA) is 70.1 Å². The first-order valence-electron chi connectivity index (χ1n) is 11.5. The molecule has 192 valence electrons. The quantitative estimate of drug-likeness (QED) is 0.311. The average Bonchev–Trinajstić information content (AvgIpc) is 2.88. The smallest absolute Gasteiger partial charge is 0.416 e. The summed E-state index contributed by atoms with van der Waals surface area (Å²) in [6, 6.07) is 19.0. The molecule has 9 heteroatoms. The SMILES string of the molecule is COc1cccc(-c2c(C)c(Cc3ccccc3C(F)(F)F)nn(CC(N)c3ccccc3)c2=O)c1Cl. The molecular weight excluding hydrogens is 503 g/mol. The van der Waals surface area contributed by atoms with Crippen molar-refractivity contribution in [3.8, 4) is 16.9 Å². The van der Waals surface area contributed by atoms with E-state index in [2.05, 4.69) is 5.10 Å². The average molecular weight is 528 g/mol. The summed E-state index contributed by atoms with van der Waals surface area (Å²) in [4.78, 5) is 13.7. The minimum Gasteiger partial charge on any atom is -0.495 e. The minimum atomic E-state index is -4.53. The Morgan fingerprint density at radius 3 is 2.38 bits per heavy atom. The van der Waals surface area contributed by atoms with E-state index in [1.54, 1.807) is 31.2 Å². The number of hydrogen-bond donors (Lipinski definition) is 1. The largest absolute Gasteiger partial charge is 0.495 e. The molecule has 0 radical (unpaired) electrons. The van der Waals surface area contributed by atoms with Crippen molar-refractivity contribution in [1.29, 1.82) is 0 Å². The number of rotatable bonds is 7. The summed E-state index contributed by atoms with van der Waals surface area (Å²) in [5.74, 6) is 0.367. The van der Waals surface area contributed by atoms with E-state index in [1.165, 1.54) is 23.9 Å². The van der Waals surface area contributed by atoms with Gasteiger partial charge in [0, 0.05) is 18.0 Å². The highest BCUT2D eigenvalue weighted by atomic mass is 35.5. The van der Waals surface area contributed by atoms with Crippen LogP contribution in [0.4, 0.5) is 13.2 Å². The Balaban J connectivity index is 1.90. The van der Waals surface area contributed by atoms with E-state index < -0.39 is 23.3 Å². The van der Waals surface area contributed by atoms with Crippen molar-refractivity contribution in [2.45, 2.75) is 32.1 Å². The molecule has 1 atom stereocenters. The Morgan fingerprint density at radius 1 is 1.03 bits per heavy atom. The first kappa shape index (κ1) is 26.4. The molecule has 0 aliphatic rings. The number of methoxy groups -OCH3 is 1. The van der Waals surface area contributed by atoms with Crippen LogP contribution in [-0.2, 0) is 19.1 Å². The first-order chi connectivity index (χ1) is 17.6. The number of alkyl halides is 3. The highest BCUT2D eigenvalue weighted by Crippen LogP contribution is 2.37. The maximum absolute atomic E-state index is 13.7. The third-order valence-corrected chi connectivity index (χ3v) is 6.62. The Bertz CT molecular complexity index is 1470. The van der Waals surface area contributed by atoms with E-state index in [-0.39, 0.29) is 29.1 Å². The molecule has 3 aromatic carbocycles. The number of ether oxygens (including phenoxy) is 1. The third-order valence-electron chi connectivity index (χ3n) is 6.23. The lowest BCUT2D eigenvalue weighted by atomic mass is 9.96. The second-order valence-corrected chi connectivity index (χ2v) is 8.98. The molecule has 37 heavy (non-hydrogen) atoms. The third kappa shape index (κ3) is 5.55. The highest BCUT2D eigenvalue weighted by molar-refractivity contribution is 6.34. The van der Waals surface area contributed by atoms with Crippen LogP contribution in [0.1, 0.15) is 34.0 Å². The van der Waals surface area contributed by atoms with E-state index in [9.17, 15) is 18.0 Å². The van der Waals surface area contributed by atoms with Gasteiger partial charge in [0.25, 0.3) is 5.56 Å². The number of aromatic nitrogens is 2. The molecule has 5 nitrogen and oxygen atoms in total. The second-order valence-electron chi connectivity index (χ2n) is 8.60. The molecule has 0 saturated heterocycles. The lowest BCUT2D eigenvalue weighted by Crippen LogP contribution is -2.32. The second kappa shape index (κ2) is 10.8. The van der Waals surface area contributed by atoms with Crippen molar-refractivity contribution in [2.75, 3.05) is 7.11 Å². The number of nitrogens with zero attached hydrogens (tertiary/aromatic N) is 2. The van der Waals surface area contributed by atoms with Gasteiger partial charge in [0.15, 0.2) is 0 Å². The Labute approximate surface area is 217 Å². The molecule has 0 saturated carbocycles. The molecule has 1 unspecified atom stereocenters. The zero-order valence-electron chi connectivity index (χ0n) is 20.2. The maximum atomic E-state index is 13.7. The Morgan fingerprint density at radius 2 is 1.70 bits per heavy atom. The number of nitrogens with two attached hydrogens (primary N) is 1. The monoisotopic (exact) mass is 527 g/mol. The van der Waals surface area contributed by atoms with E-state index in [4.69, 9.17) is 22.1 Å². The van der Waals surface area contributed by atoms with Gasteiger partial charge in [-0.2, -0.15) is 18.3 Å². The van der Waals surface area contributed by atoms with Crippen molar-refractivity contribution in [1.82, 2.24) is 9.78 Å². The van der Waals surface area contributed by atoms with Crippen LogP contribution >= 0.6 is 11.6 Å². The van der Waals surface area contributed by atoms with E-state index in [1.807, 2.05) is 30.3 Å². The predicted molar refractivity (Wildman–Crippen MR) is 138 cm³/mol. The molecular formula is C28H25ClF3N3O2. The van der Waals surface area contributed by atoms with Crippen molar-refractivity contribution in [3.63, 3.8) is 0 Å². The lowest BCUT2D eigenvalue weighted by Gasteiger charge is -2.19. The van der Waals surface area contributed by atoms with Crippen LogP contribution in [0.25, 0.3) is 11.1 Å². The van der Waals surface area contributed by atoms with Crippen LogP contribution in [0, 0.1) is 6.92 Å². The van der Waals surface area contributed by atoms with Crippen LogP contribution in [0.3, 0.4) is 0 Å². The molecule has 0 spiro atoms. The Kier molecular flexibility index (Phi) is 7.71.